The number of nitrogens with one attached hydrogen (secondary N) is 1. The maximum atomic E-state index is 12.7. The van der Waals surface area contributed by atoms with E-state index < -0.39 is 10.9 Å². The van der Waals surface area contributed by atoms with E-state index in [0.29, 0.717) is 16.1 Å². The van der Waals surface area contributed by atoms with Gasteiger partial charge in [-0.05, 0) is 48.9 Å². The predicted molar refractivity (Wildman–Crippen MR) is 97.5 cm³/mol. The Hall–Kier alpha value is -2.74. The lowest BCUT2D eigenvalue weighted by Gasteiger charge is -2.12. The van der Waals surface area contributed by atoms with E-state index in [1.165, 1.54) is 30.4 Å². The van der Waals surface area contributed by atoms with E-state index in [1.54, 1.807) is 12.1 Å². The van der Waals surface area contributed by atoms with Crippen LogP contribution in [0.5, 0.6) is 0 Å². The average Bonchev–Trinajstić information content (AvgIpc) is 2.97. The third-order valence-corrected chi connectivity index (χ3v) is 5.39. The molecule has 8 heteroatoms. The molecule has 1 aliphatic rings. The Kier molecular flexibility index (Phi) is 5.32. The summed E-state index contributed by atoms with van der Waals surface area (Å²) in [4.78, 5) is 35.4. The molecule has 0 aliphatic heterocycles. The number of amides is 1. The number of rotatable bonds is 5. The normalized spacial score (nSPS) is 13.0. The highest BCUT2D eigenvalue weighted by Gasteiger charge is 2.27. The molecule has 1 amide bonds. The lowest BCUT2D eigenvalue weighted by Crippen LogP contribution is -2.13. The molecule has 1 aliphatic carbocycles. The molecule has 136 valence electrons. The first-order valence-corrected chi connectivity index (χ1v) is 9.10. The van der Waals surface area contributed by atoms with E-state index in [1.807, 2.05) is 0 Å². The van der Waals surface area contributed by atoms with Gasteiger partial charge >= 0.3 is 5.97 Å². The van der Waals surface area contributed by atoms with Crippen LogP contribution < -0.4 is 5.32 Å². The summed E-state index contributed by atoms with van der Waals surface area (Å²) in [6, 6.07) is 5.86. The van der Waals surface area contributed by atoms with Crippen molar-refractivity contribution >= 4 is 33.9 Å². The van der Waals surface area contributed by atoms with Crippen molar-refractivity contribution in [3.8, 4) is 0 Å². The molecular formula is C18H18N2O5S. The van der Waals surface area contributed by atoms with Crippen LogP contribution in [0.1, 0.15) is 46.1 Å². The fraction of sp³-hybridized carbons (Fsp3) is 0.333. The average molecular weight is 374 g/mol. The molecule has 0 spiro atoms. The van der Waals surface area contributed by atoms with Gasteiger partial charge in [0.25, 0.3) is 5.69 Å². The Labute approximate surface area is 154 Å². The molecule has 0 radical (unpaired) electrons. The highest BCUT2D eigenvalue weighted by Crippen LogP contribution is 2.38. The number of carbonyl (C=O) groups is 2. The predicted octanol–water partition coefficient (Wildman–Crippen LogP) is 3.85. The number of anilines is 1. The highest BCUT2D eigenvalue weighted by molar-refractivity contribution is 7.17. The molecule has 0 fully saturated rings. The minimum Gasteiger partial charge on any atom is -0.457 e. The lowest BCUT2D eigenvalue weighted by atomic mass is 9.95. The Bertz CT molecular complexity index is 857. The second kappa shape index (κ2) is 7.65. The number of fused-ring (bicyclic) bond motifs is 1. The second-order valence-corrected chi connectivity index (χ2v) is 7.20. The maximum absolute atomic E-state index is 12.7. The fourth-order valence-corrected chi connectivity index (χ4v) is 4.29. The van der Waals surface area contributed by atoms with Crippen LogP contribution in [0.3, 0.4) is 0 Å². The zero-order chi connectivity index (χ0) is 18.7. The molecule has 26 heavy (non-hydrogen) atoms. The van der Waals surface area contributed by atoms with E-state index in [2.05, 4.69) is 5.32 Å². The molecule has 2 aromatic rings. The van der Waals surface area contributed by atoms with Crippen molar-refractivity contribution in [3.63, 3.8) is 0 Å². The van der Waals surface area contributed by atoms with E-state index >= 15 is 0 Å². The van der Waals surface area contributed by atoms with Crippen molar-refractivity contribution in [3.05, 3.63) is 55.9 Å². The van der Waals surface area contributed by atoms with E-state index in [4.69, 9.17) is 4.74 Å². The minimum atomic E-state index is -0.480. The minimum absolute atomic E-state index is 0.0140. The summed E-state index contributed by atoms with van der Waals surface area (Å²) >= 11 is 1.44. The molecule has 1 N–H and O–H groups in total. The first kappa shape index (κ1) is 18.1. The standard InChI is InChI=1S/C18H18N2O5S/c1-11(21)19-17-16(14-4-2-3-5-15(14)26-17)18(22)25-10-12-6-8-13(9-7-12)20(23)24/h6-9H,2-5,10H2,1H3,(H,19,21). The number of benzene rings is 1. The van der Waals surface area contributed by atoms with Crippen molar-refractivity contribution in [2.45, 2.75) is 39.2 Å². The van der Waals surface area contributed by atoms with Crippen LogP contribution in [0.4, 0.5) is 10.7 Å². The van der Waals surface area contributed by atoms with Gasteiger partial charge in [0, 0.05) is 23.9 Å². The molecule has 1 aromatic carbocycles. The van der Waals surface area contributed by atoms with Gasteiger partial charge in [-0.1, -0.05) is 0 Å². The summed E-state index contributed by atoms with van der Waals surface area (Å²) in [5.74, 6) is -0.709. The van der Waals surface area contributed by atoms with Crippen molar-refractivity contribution < 1.29 is 19.2 Å². The number of thiophene rings is 1. The number of esters is 1. The van der Waals surface area contributed by atoms with Crippen LogP contribution in [0.15, 0.2) is 24.3 Å². The lowest BCUT2D eigenvalue weighted by molar-refractivity contribution is -0.384. The second-order valence-electron chi connectivity index (χ2n) is 6.10. The quantitative estimate of drug-likeness (QED) is 0.487. The van der Waals surface area contributed by atoms with Crippen LogP contribution in [-0.4, -0.2) is 16.8 Å². The Balaban J connectivity index is 1.77. The number of nitrogens with zero attached hydrogens (tertiary/aromatic N) is 1. The number of nitro groups is 1. The zero-order valence-electron chi connectivity index (χ0n) is 14.2. The smallest absolute Gasteiger partial charge is 0.341 e. The van der Waals surface area contributed by atoms with Gasteiger partial charge in [0.05, 0.1) is 10.5 Å². The third kappa shape index (κ3) is 3.91. The van der Waals surface area contributed by atoms with E-state index in [9.17, 15) is 19.7 Å². The highest BCUT2D eigenvalue weighted by atomic mass is 32.1. The van der Waals surface area contributed by atoms with E-state index in [-0.39, 0.29) is 18.2 Å². The number of aryl methyl sites for hydroxylation is 1. The first-order valence-electron chi connectivity index (χ1n) is 8.28. The van der Waals surface area contributed by atoms with Crippen molar-refractivity contribution in [1.29, 1.82) is 0 Å². The number of nitro benzene ring substituents is 1. The topological polar surface area (TPSA) is 98.5 Å². The molecule has 0 saturated heterocycles. The van der Waals surface area contributed by atoms with Gasteiger partial charge in [0.15, 0.2) is 0 Å². The summed E-state index contributed by atoms with van der Waals surface area (Å²) < 4.78 is 5.41. The SMILES string of the molecule is CC(=O)Nc1sc2c(c1C(=O)OCc1ccc([N+](=O)[O-])cc1)CCCC2. The Morgan fingerprint density at radius 2 is 1.92 bits per heavy atom. The van der Waals surface area contributed by atoms with Gasteiger partial charge in [0.2, 0.25) is 5.91 Å². The number of non-ortho nitro benzene ring substituents is 1. The van der Waals surface area contributed by atoms with Crippen LogP contribution >= 0.6 is 11.3 Å². The summed E-state index contributed by atoms with van der Waals surface area (Å²) in [5, 5.41) is 14.0. The van der Waals surface area contributed by atoms with Crippen LogP contribution in [0, 0.1) is 10.1 Å². The summed E-state index contributed by atoms with van der Waals surface area (Å²) in [6.45, 7) is 1.42. The van der Waals surface area contributed by atoms with Crippen LogP contribution in [0.25, 0.3) is 0 Å². The summed E-state index contributed by atoms with van der Waals surface area (Å²) in [7, 11) is 0. The summed E-state index contributed by atoms with van der Waals surface area (Å²) in [5.41, 5.74) is 2.06. The molecule has 3 rings (SSSR count). The monoisotopic (exact) mass is 374 g/mol. The number of carbonyl (C=O) groups excluding carboxylic acids is 2. The van der Waals surface area contributed by atoms with Gasteiger partial charge in [-0.3, -0.25) is 14.9 Å². The largest absolute Gasteiger partial charge is 0.457 e. The van der Waals surface area contributed by atoms with Gasteiger partial charge in [-0.2, -0.15) is 0 Å². The summed E-state index contributed by atoms with van der Waals surface area (Å²) in [6.07, 6.45) is 3.78. The molecule has 1 aromatic heterocycles. The van der Waals surface area contributed by atoms with Gasteiger partial charge in [-0.15, -0.1) is 11.3 Å². The molecule has 0 saturated carbocycles. The van der Waals surface area contributed by atoms with Crippen LogP contribution in [-0.2, 0) is 29.0 Å². The molecule has 1 heterocycles. The van der Waals surface area contributed by atoms with Crippen molar-refractivity contribution in [1.82, 2.24) is 0 Å². The van der Waals surface area contributed by atoms with Gasteiger partial charge in [0.1, 0.15) is 11.6 Å². The third-order valence-electron chi connectivity index (χ3n) is 4.18. The zero-order valence-corrected chi connectivity index (χ0v) is 15.1. The number of ether oxygens (including phenoxy) is 1. The molecule has 0 unspecified atom stereocenters. The van der Waals surface area contributed by atoms with Crippen molar-refractivity contribution in [2.24, 2.45) is 0 Å². The fourth-order valence-electron chi connectivity index (χ4n) is 2.96. The first-order chi connectivity index (χ1) is 12.5. The van der Waals surface area contributed by atoms with Crippen LogP contribution in [0.2, 0.25) is 0 Å². The van der Waals surface area contributed by atoms with E-state index in [0.717, 1.165) is 36.1 Å². The Morgan fingerprint density at radius 3 is 2.58 bits per heavy atom. The number of hydrogen-bond donors (Lipinski definition) is 1. The van der Waals surface area contributed by atoms with Gasteiger partial charge in [-0.25, -0.2) is 4.79 Å². The molecule has 7 nitrogen and oxygen atoms in total. The molecule has 0 atom stereocenters. The molecular weight excluding hydrogens is 356 g/mol. The maximum Gasteiger partial charge on any atom is 0.341 e. The Morgan fingerprint density at radius 1 is 1.23 bits per heavy atom. The van der Waals surface area contributed by atoms with Gasteiger partial charge < -0.3 is 10.1 Å². The van der Waals surface area contributed by atoms with Crippen molar-refractivity contribution in [2.75, 3.05) is 5.32 Å². The molecule has 0 bridgehead atoms. The number of hydrogen-bond acceptors (Lipinski definition) is 6.